The number of fused-ring (bicyclic) bond motifs is 1. The topological polar surface area (TPSA) is 53.4 Å². The van der Waals surface area contributed by atoms with E-state index in [4.69, 9.17) is 16.7 Å². The quantitative estimate of drug-likeness (QED) is 0.861. The van der Waals surface area contributed by atoms with Crippen LogP contribution in [0.2, 0.25) is 5.02 Å². The van der Waals surface area contributed by atoms with Crippen molar-refractivity contribution in [2.45, 2.75) is 13.0 Å². The Morgan fingerprint density at radius 3 is 2.73 bits per heavy atom. The lowest BCUT2D eigenvalue weighted by Crippen LogP contribution is -2.31. The summed E-state index contributed by atoms with van der Waals surface area (Å²) >= 11 is 5.67. The number of carbonyl (C=O) groups is 1. The zero-order chi connectivity index (χ0) is 15.9. The first kappa shape index (κ1) is 14.7. The summed E-state index contributed by atoms with van der Waals surface area (Å²) in [5.41, 5.74) is 2.24. The smallest absolute Gasteiger partial charge is 0.354 e. The fourth-order valence-corrected chi connectivity index (χ4v) is 2.70. The number of nitrogens with zero attached hydrogens (tertiary/aromatic N) is 2. The third-order valence-corrected chi connectivity index (χ3v) is 3.92. The number of carboxylic acids is 1. The Bertz CT molecular complexity index is 744. The minimum absolute atomic E-state index is 0.00284. The maximum Gasteiger partial charge on any atom is 0.354 e. The Kier molecular flexibility index (Phi) is 3.70. The lowest BCUT2D eigenvalue weighted by atomic mass is 10.0. The zero-order valence-electron chi connectivity index (χ0n) is 11.3. The molecule has 2 aromatic rings. The number of rotatable bonds is 2. The number of hydrogen-bond donors (Lipinski definition) is 1. The third kappa shape index (κ3) is 2.62. The van der Waals surface area contributed by atoms with E-state index in [9.17, 15) is 13.6 Å². The predicted molar refractivity (Wildman–Crippen MR) is 77.3 cm³/mol. The van der Waals surface area contributed by atoms with Crippen molar-refractivity contribution in [1.82, 2.24) is 4.98 Å². The molecule has 1 aliphatic heterocycles. The van der Waals surface area contributed by atoms with Crippen LogP contribution in [0.5, 0.6) is 0 Å². The van der Waals surface area contributed by atoms with E-state index in [1.165, 1.54) is 12.3 Å². The summed E-state index contributed by atoms with van der Waals surface area (Å²) in [4.78, 5) is 16.6. The predicted octanol–water partition coefficient (Wildman–Crippen LogP) is 3.27. The number of anilines is 1. The molecular formula is C15H11ClF2N2O2. The minimum atomic E-state index is -1.07. The van der Waals surface area contributed by atoms with Crippen molar-refractivity contribution in [3.63, 3.8) is 0 Å². The van der Waals surface area contributed by atoms with Crippen molar-refractivity contribution in [3.05, 3.63) is 57.9 Å². The van der Waals surface area contributed by atoms with Crippen molar-refractivity contribution in [1.29, 1.82) is 0 Å². The fraction of sp³-hybridized carbons (Fsp3) is 0.200. The van der Waals surface area contributed by atoms with Gasteiger partial charge in [-0.2, -0.15) is 0 Å². The third-order valence-electron chi connectivity index (χ3n) is 3.65. The number of benzene rings is 1. The first-order chi connectivity index (χ1) is 10.5. The van der Waals surface area contributed by atoms with Gasteiger partial charge >= 0.3 is 5.97 Å². The summed E-state index contributed by atoms with van der Waals surface area (Å²) in [6.45, 7) is 0.987. The molecule has 114 valence electrons. The van der Waals surface area contributed by atoms with Gasteiger partial charge < -0.3 is 10.0 Å². The summed E-state index contributed by atoms with van der Waals surface area (Å²) in [6.07, 6.45) is 2.10. The standard InChI is InChI=1S/C15H11ClF2N2O2/c16-11-4-10(5-12(17)14(11)18)20-2-1-8-3-13(15(21)22)19-6-9(8)7-20/h3-6H,1-2,7H2,(H,21,22). The molecule has 1 aromatic carbocycles. The minimum Gasteiger partial charge on any atom is -0.477 e. The van der Waals surface area contributed by atoms with Crippen LogP contribution >= 0.6 is 11.6 Å². The van der Waals surface area contributed by atoms with Crippen molar-refractivity contribution >= 4 is 23.3 Å². The zero-order valence-corrected chi connectivity index (χ0v) is 12.1. The number of halogens is 3. The van der Waals surface area contributed by atoms with Gasteiger partial charge in [-0.15, -0.1) is 0 Å². The highest BCUT2D eigenvalue weighted by molar-refractivity contribution is 6.31. The van der Waals surface area contributed by atoms with Crippen LogP contribution in [-0.4, -0.2) is 22.6 Å². The van der Waals surface area contributed by atoms with Gasteiger partial charge in [0.1, 0.15) is 5.69 Å². The highest BCUT2D eigenvalue weighted by Crippen LogP contribution is 2.29. The lowest BCUT2D eigenvalue weighted by molar-refractivity contribution is 0.0690. The molecule has 4 nitrogen and oxygen atoms in total. The second-order valence-electron chi connectivity index (χ2n) is 5.04. The molecule has 1 aliphatic rings. The molecular weight excluding hydrogens is 314 g/mol. The molecule has 0 radical (unpaired) electrons. The number of hydrogen-bond acceptors (Lipinski definition) is 3. The van der Waals surface area contributed by atoms with Gasteiger partial charge in [0.15, 0.2) is 11.6 Å². The number of carboxylic acid groups (broad SMARTS) is 1. The molecule has 0 saturated carbocycles. The van der Waals surface area contributed by atoms with Crippen LogP contribution in [-0.2, 0) is 13.0 Å². The van der Waals surface area contributed by atoms with Crippen LogP contribution < -0.4 is 4.90 Å². The van der Waals surface area contributed by atoms with Crippen LogP contribution in [0.1, 0.15) is 21.6 Å². The molecule has 0 amide bonds. The van der Waals surface area contributed by atoms with Gasteiger partial charge in [0.2, 0.25) is 0 Å². The van der Waals surface area contributed by atoms with Crippen LogP contribution in [0.15, 0.2) is 24.4 Å². The Balaban J connectivity index is 1.90. The highest BCUT2D eigenvalue weighted by Gasteiger charge is 2.20. The lowest BCUT2D eigenvalue weighted by Gasteiger charge is -2.30. The Labute approximate surface area is 130 Å². The largest absolute Gasteiger partial charge is 0.477 e. The summed E-state index contributed by atoms with van der Waals surface area (Å²) in [6, 6.07) is 4.03. The van der Waals surface area contributed by atoms with E-state index in [1.54, 1.807) is 6.07 Å². The maximum absolute atomic E-state index is 13.5. The summed E-state index contributed by atoms with van der Waals surface area (Å²) in [5.74, 6) is -3.12. The van der Waals surface area contributed by atoms with E-state index in [0.29, 0.717) is 25.2 Å². The fourth-order valence-electron chi connectivity index (χ4n) is 2.50. The Hall–Kier alpha value is -2.21. The first-order valence-corrected chi connectivity index (χ1v) is 6.94. The van der Waals surface area contributed by atoms with Gasteiger partial charge in [-0.3, -0.25) is 0 Å². The summed E-state index contributed by atoms with van der Waals surface area (Å²) in [5, 5.41) is 8.67. The Morgan fingerprint density at radius 2 is 2.05 bits per heavy atom. The van der Waals surface area contributed by atoms with Crippen LogP contribution in [0.4, 0.5) is 14.5 Å². The highest BCUT2D eigenvalue weighted by atomic mass is 35.5. The molecule has 0 aliphatic carbocycles. The van der Waals surface area contributed by atoms with Crippen LogP contribution in [0, 0.1) is 11.6 Å². The first-order valence-electron chi connectivity index (χ1n) is 6.56. The van der Waals surface area contributed by atoms with Gasteiger partial charge in [0.25, 0.3) is 0 Å². The van der Waals surface area contributed by atoms with Gasteiger partial charge in [-0.25, -0.2) is 18.6 Å². The van der Waals surface area contributed by atoms with Crippen LogP contribution in [0.3, 0.4) is 0 Å². The SMILES string of the molecule is O=C(O)c1cc2c(cn1)CN(c1cc(F)c(F)c(Cl)c1)CC2. The molecule has 1 N–H and O–H groups in total. The summed E-state index contributed by atoms with van der Waals surface area (Å²) < 4.78 is 26.7. The van der Waals surface area contributed by atoms with E-state index in [-0.39, 0.29) is 10.7 Å². The number of pyridine rings is 1. The van der Waals surface area contributed by atoms with Gasteiger partial charge in [0.05, 0.1) is 5.02 Å². The van der Waals surface area contributed by atoms with Crippen molar-refractivity contribution in [2.24, 2.45) is 0 Å². The average Bonchev–Trinajstić information content (AvgIpc) is 2.51. The van der Waals surface area contributed by atoms with E-state index in [1.807, 2.05) is 4.90 Å². The van der Waals surface area contributed by atoms with Gasteiger partial charge in [-0.1, -0.05) is 11.6 Å². The van der Waals surface area contributed by atoms with E-state index >= 15 is 0 Å². The van der Waals surface area contributed by atoms with Gasteiger partial charge in [-0.05, 0) is 29.7 Å². The monoisotopic (exact) mass is 324 g/mol. The second-order valence-corrected chi connectivity index (χ2v) is 5.45. The number of aromatic nitrogens is 1. The molecule has 1 aromatic heterocycles. The molecule has 22 heavy (non-hydrogen) atoms. The second kappa shape index (κ2) is 5.53. The summed E-state index contributed by atoms with van der Waals surface area (Å²) in [7, 11) is 0. The molecule has 2 heterocycles. The molecule has 0 unspecified atom stereocenters. The van der Waals surface area contributed by atoms with Gasteiger partial charge in [0, 0.05) is 31.0 Å². The maximum atomic E-state index is 13.5. The Morgan fingerprint density at radius 1 is 1.27 bits per heavy atom. The molecule has 0 atom stereocenters. The molecule has 0 spiro atoms. The molecule has 7 heteroatoms. The number of aromatic carboxylic acids is 1. The molecule has 3 rings (SSSR count). The van der Waals surface area contributed by atoms with Crippen molar-refractivity contribution < 1.29 is 18.7 Å². The molecule has 0 fully saturated rings. The normalized spacial score (nSPS) is 13.9. The molecule has 0 saturated heterocycles. The van der Waals surface area contributed by atoms with E-state index in [0.717, 1.165) is 17.2 Å². The average molecular weight is 325 g/mol. The van der Waals surface area contributed by atoms with E-state index < -0.39 is 17.6 Å². The molecule has 0 bridgehead atoms. The van der Waals surface area contributed by atoms with Crippen molar-refractivity contribution in [3.8, 4) is 0 Å². The van der Waals surface area contributed by atoms with Crippen molar-refractivity contribution in [2.75, 3.05) is 11.4 Å². The van der Waals surface area contributed by atoms with E-state index in [2.05, 4.69) is 4.98 Å². The van der Waals surface area contributed by atoms with Crippen LogP contribution in [0.25, 0.3) is 0 Å².